The van der Waals surface area contributed by atoms with E-state index in [1.54, 1.807) is 23.5 Å². The van der Waals surface area contributed by atoms with Gasteiger partial charge in [-0.05, 0) is 31.5 Å². The molecule has 1 aromatic carbocycles. The number of carbonyl (C=O) groups excluding carboxylic acids is 1. The highest BCUT2D eigenvalue weighted by atomic mass is 32.2. The van der Waals surface area contributed by atoms with E-state index in [2.05, 4.69) is 9.97 Å². The van der Waals surface area contributed by atoms with Gasteiger partial charge in [-0.2, -0.15) is 0 Å². The van der Waals surface area contributed by atoms with E-state index in [4.69, 9.17) is 4.74 Å². The Morgan fingerprint density at radius 1 is 1.12 bits per heavy atom. The van der Waals surface area contributed by atoms with Crippen LogP contribution in [-0.2, 0) is 25.4 Å². The van der Waals surface area contributed by atoms with Gasteiger partial charge in [0.25, 0.3) is 5.56 Å². The maximum atomic E-state index is 12.9. The van der Waals surface area contributed by atoms with Gasteiger partial charge in [0.15, 0.2) is 0 Å². The molecule has 0 saturated heterocycles. The lowest BCUT2D eigenvalue weighted by atomic mass is 10.2. The summed E-state index contributed by atoms with van der Waals surface area (Å²) in [5.74, 6) is -0.551. The fourth-order valence-corrected chi connectivity index (χ4v) is 5.32. The van der Waals surface area contributed by atoms with Gasteiger partial charge in [0.1, 0.15) is 22.8 Å². The number of ether oxygens (including phenoxy) is 1. The Morgan fingerprint density at radius 2 is 1.88 bits per heavy atom. The molecule has 10 heteroatoms. The molecule has 164 valence electrons. The summed E-state index contributed by atoms with van der Waals surface area (Å²) < 4.78 is 7.73. The van der Waals surface area contributed by atoms with Crippen LogP contribution in [0.3, 0.4) is 0 Å². The molecule has 0 spiro atoms. The van der Waals surface area contributed by atoms with Gasteiger partial charge in [-0.1, -0.05) is 23.9 Å². The Morgan fingerprint density at radius 3 is 2.66 bits per heavy atom. The number of esters is 1. The molecule has 32 heavy (non-hydrogen) atoms. The second-order valence-corrected chi connectivity index (χ2v) is 9.42. The fourth-order valence-electron chi connectivity index (χ4n) is 3.19. The smallest absolute Gasteiger partial charge is 0.339 e. The molecular weight excluding hydrogens is 448 g/mol. The van der Waals surface area contributed by atoms with E-state index in [-0.39, 0.29) is 6.61 Å². The molecular formula is C22H20N4O4S2. The minimum Gasteiger partial charge on any atom is -0.456 e. The molecule has 0 amide bonds. The molecule has 3 aromatic heterocycles. The number of hydrogen-bond acceptors (Lipinski definition) is 8. The van der Waals surface area contributed by atoms with Gasteiger partial charge in [0.05, 0.1) is 11.3 Å². The second kappa shape index (κ2) is 8.71. The third-order valence-electron chi connectivity index (χ3n) is 5.22. The van der Waals surface area contributed by atoms with Crippen molar-refractivity contribution in [2.24, 2.45) is 14.1 Å². The van der Waals surface area contributed by atoms with Gasteiger partial charge in [0.2, 0.25) is 0 Å². The first-order valence-corrected chi connectivity index (χ1v) is 11.3. The Hall–Kier alpha value is -3.24. The number of hydrogen-bond donors (Lipinski definition) is 0. The Labute approximate surface area is 191 Å². The normalized spacial score (nSPS) is 11.1. The first-order chi connectivity index (χ1) is 15.3. The number of aromatic nitrogens is 4. The van der Waals surface area contributed by atoms with Gasteiger partial charge < -0.3 is 4.74 Å². The van der Waals surface area contributed by atoms with Crippen LogP contribution >= 0.6 is 23.1 Å². The summed E-state index contributed by atoms with van der Waals surface area (Å²) >= 11 is 2.99. The lowest BCUT2D eigenvalue weighted by molar-refractivity contribution is 0.0458. The minimum atomic E-state index is -0.551. The van der Waals surface area contributed by atoms with Crippen LogP contribution in [0.2, 0.25) is 0 Å². The molecule has 0 radical (unpaired) electrons. The maximum Gasteiger partial charge on any atom is 0.339 e. The van der Waals surface area contributed by atoms with Crippen molar-refractivity contribution in [3.05, 3.63) is 79.2 Å². The number of nitrogens with zero attached hydrogens (tertiary/aromatic N) is 4. The minimum absolute atomic E-state index is 0.194. The third kappa shape index (κ3) is 3.98. The van der Waals surface area contributed by atoms with E-state index < -0.39 is 17.2 Å². The highest BCUT2D eigenvalue weighted by Crippen LogP contribution is 2.38. The van der Waals surface area contributed by atoms with Gasteiger partial charge in [-0.25, -0.2) is 19.6 Å². The first-order valence-electron chi connectivity index (χ1n) is 9.68. The highest BCUT2D eigenvalue weighted by molar-refractivity contribution is 7.99. The molecule has 0 fully saturated rings. The first kappa shape index (κ1) is 22.0. The average molecular weight is 469 g/mol. The Bertz CT molecular complexity index is 1470. The zero-order valence-corrected chi connectivity index (χ0v) is 19.5. The van der Waals surface area contributed by atoms with E-state index in [0.29, 0.717) is 16.2 Å². The third-order valence-corrected chi connectivity index (χ3v) is 7.41. The number of aryl methyl sites for hydroxylation is 2. The molecule has 0 atom stereocenters. The van der Waals surface area contributed by atoms with E-state index in [1.807, 2.05) is 26.0 Å². The summed E-state index contributed by atoms with van der Waals surface area (Å²) in [5, 5.41) is 1.75. The van der Waals surface area contributed by atoms with Crippen LogP contribution in [0.4, 0.5) is 0 Å². The van der Waals surface area contributed by atoms with Crippen molar-refractivity contribution in [2.75, 3.05) is 0 Å². The zero-order chi connectivity index (χ0) is 23.0. The quantitative estimate of drug-likeness (QED) is 0.328. The van der Waals surface area contributed by atoms with Crippen molar-refractivity contribution in [3.8, 4) is 0 Å². The van der Waals surface area contributed by atoms with Crippen molar-refractivity contribution < 1.29 is 9.53 Å². The summed E-state index contributed by atoms with van der Waals surface area (Å²) in [6.07, 6.45) is 1.53. The number of rotatable bonds is 5. The molecule has 3 heterocycles. The summed E-state index contributed by atoms with van der Waals surface area (Å²) in [6.45, 7) is 3.89. The lowest BCUT2D eigenvalue weighted by Gasteiger charge is -2.12. The second-order valence-electron chi connectivity index (χ2n) is 7.19. The molecule has 4 rings (SSSR count). The van der Waals surface area contributed by atoms with E-state index >= 15 is 0 Å². The number of thiophene rings is 1. The number of benzene rings is 1. The maximum absolute atomic E-state index is 12.9. The van der Waals surface area contributed by atoms with Gasteiger partial charge in [-0.15, -0.1) is 11.3 Å². The van der Waals surface area contributed by atoms with Crippen molar-refractivity contribution in [1.29, 1.82) is 0 Å². The topological polar surface area (TPSA) is 96.1 Å². The predicted octanol–water partition coefficient (Wildman–Crippen LogP) is 3.21. The van der Waals surface area contributed by atoms with Crippen LogP contribution in [0.25, 0.3) is 10.2 Å². The summed E-state index contributed by atoms with van der Waals surface area (Å²) in [5.41, 5.74) is 0.888. The number of fused-ring (bicyclic) bond motifs is 1. The van der Waals surface area contributed by atoms with Crippen molar-refractivity contribution in [2.45, 2.75) is 30.4 Å². The Kier molecular flexibility index (Phi) is 5.98. The van der Waals surface area contributed by atoms with E-state index in [1.165, 1.54) is 47.7 Å². The predicted molar refractivity (Wildman–Crippen MR) is 123 cm³/mol. The average Bonchev–Trinajstić information content (AvgIpc) is 3.08. The summed E-state index contributed by atoms with van der Waals surface area (Å²) in [7, 11) is 2.93. The molecule has 0 unspecified atom stereocenters. The van der Waals surface area contributed by atoms with E-state index in [0.717, 1.165) is 25.4 Å². The molecule has 8 nitrogen and oxygen atoms in total. The zero-order valence-electron chi connectivity index (χ0n) is 17.9. The largest absolute Gasteiger partial charge is 0.456 e. The summed E-state index contributed by atoms with van der Waals surface area (Å²) in [4.78, 5) is 48.5. The highest BCUT2D eigenvalue weighted by Gasteiger charge is 2.18. The molecule has 0 aliphatic carbocycles. The molecule has 0 bridgehead atoms. The standard InChI is InChI=1S/C22H20N4O4S2/c1-12-13(2)31-19-18(12)20(24-11-23-19)32-16-8-6-5-7-15(16)21(28)30-10-14-9-17(27)26(4)22(29)25(14)3/h5-9,11H,10H2,1-4H3. The van der Waals surface area contributed by atoms with Crippen LogP contribution in [0.5, 0.6) is 0 Å². The van der Waals surface area contributed by atoms with Gasteiger partial charge in [-0.3, -0.25) is 13.9 Å². The SMILES string of the molecule is Cc1sc2ncnc(Sc3ccccc3C(=O)OCc3cc(=O)n(C)c(=O)n3C)c2c1C. The van der Waals surface area contributed by atoms with Crippen LogP contribution in [0, 0.1) is 13.8 Å². The lowest BCUT2D eigenvalue weighted by Crippen LogP contribution is -2.38. The van der Waals surface area contributed by atoms with Crippen LogP contribution in [-0.4, -0.2) is 25.1 Å². The van der Waals surface area contributed by atoms with Gasteiger partial charge >= 0.3 is 11.7 Å². The molecule has 0 N–H and O–H groups in total. The number of carbonyl (C=O) groups is 1. The Balaban J connectivity index is 1.62. The van der Waals surface area contributed by atoms with Crippen molar-refractivity contribution in [1.82, 2.24) is 19.1 Å². The van der Waals surface area contributed by atoms with Crippen molar-refractivity contribution >= 4 is 39.3 Å². The van der Waals surface area contributed by atoms with Crippen LogP contribution < -0.4 is 11.2 Å². The molecule has 4 aromatic rings. The van der Waals surface area contributed by atoms with E-state index in [9.17, 15) is 14.4 Å². The van der Waals surface area contributed by atoms with Crippen LogP contribution in [0.1, 0.15) is 26.5 Å². The summed E-state index contributed by atoms with van der Waals surface area (Å²) in [6, 6.07) is 8.39. The fraction of sp³-hybridized carbons (Fsp3) is 0.227. The molecule has 0 aliphatic rings. The monoisotopic (exact) mass is 468 g/mol. The van der Waals surface area contributed by atoms with Crippen LogP contribution in [0.15, 0.2) is 56.2 Å². The van der Waals surface area contributed by atoms with Crippen molar-refractivity contribution in [3.63, 3.8) is 0 Å². The molecule has 0 aliphatic heterocycles. The van der Waals surface area contributed by atoms with Gasteiger partial charge in [0, 0.05) is 35.3 Å². The molecule has 0 saturated carbocycles.